The highest BCUT2D eigenvalue weighted by molar-refractivity contribution is 5.91. The molecule has 0 saturated carbocycles. The Morgan fingerprint density at radius 3 is 2.57 bits per heavy atom. The maximum absolute atomic E-state index is 12.9. The minimum absolute atomic E-state index is 0.0203. The molecule has 1 aromatic carbocycles. The SMILES string of the molecule is Cc1cnc(C(=O)NC[C@H](O)c2ccccc2C(F)(F)F)cn1. The third kappa shape index (κ3) is 4.26. The Hall–Kier alpha value is -2.48. The molecule has 0 saturated heterocycles. The number of aromatic nitrogens is 2. The molecule has 0 spiro atoms. The van der Waals surface area contributed by atoms with Crippen LogP contribution < -0.4 is 5.32 Å². The van der Waals surface area contributed by atoms with E-state index in [0.29, 0.717) is 5.69 Å². The van der Waals surface area contributed by atoms with Crippen molar-refractivity contribution < 1.29 is 23.1 Å². The van der Waals surface area contributed by atoms with Crippen molar-refractivity contribution >= 4 is 5.91 Å². The summed E-state index contributed by atoms with van der Waals surface area (Å²) in [5.41, 5.74) is -0.584. The molecule has 2 N–H and O–H groups in total. The van der Waals surface area contributed by atoms with Crippen LogP contribution in [-0.4, -0.2) is 27.5 Å². The molecule has 1 atom stereocenters. The van der Waals surface area contributed by atoms with Gasteiger partial charge in [-0.3, -0.25) is 9.78 Å². The lowest BCUT2D eigenvalue weighted by Gasteiger charge is -2.17. The number of aliphatic hydroxyl groups is 1. The van der Waals surface area contributed by atoms with Crippen molar-refractivity contribution in [1.29, 1.82) is 0 Å². The lowest BCUT2D eigenvalue weighted by Crippen LogP contribution is -2.30. The van der Waals surface area contributed by atoms with Crippen LogP contribution in [-0.2, 0) is 6.18 Å². The van der Waals surface area contributed by atoms with Crippen LogP contribution in [0.15, 0.2) is 36.7 Å². The second kappa shape index (κ2) is 6.74. The molecule has 1 heterocycles. The van der Waals surface area contributed by atoms with Crippen LogP contribution >= 0.6 is 0 Å². The van der Waals surface area contributed by atoms with Crippen LogP contribution in [0.3, 0.4) is 0 Å². The van der Waals surface area contributed by atoms with Gasteiger partial charge >= 0.3 is 6.18 Å². The van der Waals surface area contributed by atoms with E-state index >= 15 is 0 Å². The summed E-state index contributed by atoms with van der Waals surface area (Å²) in [6.45, 7) is 1.33. The van der Waals surface area contributed by atoms with Crippen LogP contribution in [0, 0.1) is 6.92 Å². The number of hydrogen-bond acceptors (Lipinski definition) is 4. The average Bonchev–Trinajstić information content (AvgIpc) is 2.52. The second-order valence-corrected chi connectivity index (χ2v) is 4.85. The van der Waals surface area contributed by atoms with Gasteiger partial charge in [-0.25, -0.2) is 4.98 Å². The van der Waals surface area contributed by atoms with E-state index in [1.54, 1.807) is 6.92 Å². The van der Waals surface area contributed by atoms with Gasteiger partial charge in [0.1, 0.15) is 5.69 Å². The van der Waals surface area contributed by atoms with Crippen LogP contribution in [0.25, 0.3) is 0 Å². The fourth-order valence-corrected chi connectivity index (χ4v) is 1.95. The van der Waals surface area contributed by atoms with E-state index in [4.69, 9.17) is 0 Å². The number of aliphatic hydroxyl groups excluding tert-OH is 1. The number of amides is 1. The quantitative estimate of drug-likeness (QED) is 0.904. The monoisotopic (exact) mass is 325 g/mol. The molecular formula is C15H14F3N3O2. The number of carbonyl (C=O) groups is 1. The van der Waals surface area contributed by atoms with Gasteiger partial charge < -0.3 is 10.4 Å². The highest BCUT2D eigenvalue weighted by Crippen LogP contribution is 2.34. The predicted octanol–water partition coefficient (Wildman–Crippen LogP) is 2.27. The van der Waals surface area contributed by atoms with Crippen LogP contribution in [0.2, 0.25) is 0 Å². The number of rotatable bonds is 4. The first kappa shape index (κ1) is 16.9. The van der Waals surface area contributed by atoms with Gasteiger partial charge in [0.05, 0.1) is 23.6 Å². The van der Waals surface area contributed by atoms with Gasteiger partial charge in [0.15, 0.2) is 0 Å². The van der Waals surface area contributed by atoms with E-state index in [0.717, 1.165) is 6.07 Å². The molecule has 1 amide bonds. The summed E-state index contributed by atoms with van der Waals surface area (Å²) in [7, 11) is 0. The fourth-order valence-electron chi connectivity index (χ4n) is 1.95. The number of hydrogen-bond donors (Lipinski definition) is 2. The first-order chi connectivity index (χ1) is 10.8. The Labute approximate surface area is 130 Å². The number of alkyl halides is 3. The van der Waals surface area contributed by atoms with Crippen molar-refractivity contribution in [2.24, 2.45) is 0 Å². The molecule has 23 heavy (non-hydrogen) atoms. The Bertz CT molecular complexity index is 687. The zero-order chi connectivity index (χ0) is 17.0. The van der Waals surface area contributed by atoms with Gasteiger partial charge in [-0.05, 0) is 18.6 Å². The molecular weight excluding hydrogens is 311 g/mol. The third-order valence-corrected chi connectivity index (χ3v) is 3.09. The second-order valence-electron chi connectivity index (χ2n) is 4.85. The molecule has 0 aliphatic carbocycles. The number of benzene rings is 1. The normalized spacial score (nSPS) is 12.7. The summed E-state index contributed by atoms with van der Waals surface area (Å²) in [6.07, 6.45) is -3.43. The van der Waals surface area contributed by atoms with Gasteiger partial charge in [-0.2, -0.15) is 13.2 Å². The molecule has 5 nitrogen and oxygen atoms in total. The van der Waals surface area contributed by atoms with Crippen LogP contribution in [0.5, 0.6) is 0 Å². The summed E-state index contributed by atoms with van der Waals surface area (Å²) < 4.78 is 38.7. The van der Waals surface area contributed by atoms with Crippen molar-refractivity contribution in [3.05, 3.63) is 59.2 Å². The fraction of sp³-hybridized carbons (Fsp3) is 0.267. The van der Waals surface area contributed by atoms with Crippen molar-refractivity contribution in [3.63, 3.8) is 0 Å². The molecule has 0 aliphatic rings. The largest absolute Gasteiger partial charge is 0.416 e. The van der Waals surface area contributed by atoms with Gasteiger partial charge in [-0.15, -0.1) is 0 Å². The summed E-state index contributed by atoms with van der Waals surface area (Å²) >= 11 is 0. The Morgan fingerprint density at radius 2 is 1.96 bits per heavy atom. The smallest absolute Gasteiger partial charge is 0.387 e. The Morgan fingerprint density at radius 1 is 1.26 bits per heavy atom. The van der Waals surface area contributed by atoms with Crippen molar-refractivity contribution in [1.82, 2.24) is 15.3 Å². The maximum Gasteiger partial charge on any atom is 0.416 e. The molecule has 122 valence electrons. The maximum atomic E-state index is 12.9. The number of halogens is 3. The van der Waals surface area contributed by atoms with E-state index in [2.05, 4.69) is 15.3 Å². The molecule has 0 unspecified atom stereocenters. The highest BCUT2D eigenvalue weighted by Gasteiger charge is 2.34. The van der Waals surface area contributed by atoms with Crippen molar-refractivity contribution in [3.8, 4) is 0 Å². The summed E-state index contributed by atoms with van der Waals surface area (Å²) in [6, 6.07) is 4.68. The van der Waals surface area contributed by atoms with Gasteiger partial charge in [0.25, 0.3) is 5.91 Å². The molecule has 8 heteroatoms. The van der Waals surface area contributed by atoms with Gasteiger partial charge in [0.2, 0.25) is 0 Å². The van der Waals surface area contributed by atoms with Crippen LogP contribution in [0.1, 0.15) is 33.4 Å². The lowest BCUT2D eigenvalue weighted by molar-refractivity contribution is -0.139. The molecule has 0 fully saturated rings. The van der Waals surface area contributed by atoms with E-state index < -0.39 is 23.8 Å². The third-order valence-electron chi connectivity index (χ3n) is 3.09. The zero-order valence-corrected chi connectivity index (χ0v) is 12.1. The van der Waals surface area contributed by atoms with E-state index in [9.17, 15) is 23.1 Å². The van der Waals surface area contributed by atoms with Crippen molar-refractivity contribution in [2.75, 3.05) is 6.54 Å². The minimum atomic E-state index is -4.58. The van der Waals surface area contributed by atoms with Gasteiger partial charge in [-0.1, -0.05) is 18.2 Å². The minimum Gasteiger partial charge on any atom is -0.387 e. The molecule has 0 aliphatic heterocycles. The van der Waals surface area contributed by atoms with Crippen molar-refractivity contribution in [2.45, 2.75) is 19.2 Å². The van der Waals surface area contributed by atoms with E-state index in [1.165, 1.54) is 30.6 Å². The first-order valence-corrected chi connectivity index (χ1v) is 6.70. The average molecular weight is 325 g/mol. The predicted molar refractivity (Wildman–Crippen MR) is 75.5 cm³/mol. The summed E-state index contributed by atoms with van der Waals surface area (Å²) in [5, 5.41) is 12.3. The highest BCUT2D eigenvalue weighted by atomic mass is 19.4. The van der Waals surface area contributed by atoms with Crippen LogP contribution in [0.4, 0.5) is 13.2 Å². The van der Waals surface area contributed by atoms with Gasteiger partial charge in [0, 0.05) is 12.7 Å². The molecule has 0 radical (unpaired) electrons. The summed E-state index contributed by atoms with van der Waals surface area (Å²) in [4.78, 5) is 19.6. The Kier molecular flexibility index (Phi) is 4.95. The summed E-state index contributed by atoms with van der Waals surface area (Å²) in [5.74, 6) is -0.624. The molecule has 0 bridgehead atoms. The zero-order valence-electron chi connectivity index (χ0n) is 12.1. The molecule has 2 aromatic rings. The Balaban J connectivity index is 2.07. The van der Waals surface area contributed by atoms with E-state index in [1.807, 2.05) is 0 Å². The number of nitrogens with one attached hydrogen (secondary N) is 1. The number of nitrogens with zero attached hydrogens (tertiary/aromatic N) is 2. The first-order valence-electron chi connectivity index (χ1n) is 6.70. The standard InChI is InChI=1S/C15H14F3N3O2/c1-9-6-20-12(7-19-9)14(23)21-8-13(22)10-4-2-3-5-11(10)15(16,17)18/h2-7,13,22H,8H2,1H3,(H,21,23)/t13-/m0/s1. The molecule has 2 rings (SSSR count). The number of carbonyl (C=O) groups excluding carboxylic acids is 1. The topological polar surface area (TPSA) is 75.1 Å². The lowest BCUT2D eigenvalue weighted by atomic mass is 10.0. The number of aryl methyl sites for hydroxylation is 1. The molecule has 1 aromatic heterocycles. The van der Waals surface area contributed by atoms with E-state index in [-0.39, 0.29) is 17.8 Å².